The Kier molecular flexibility index (Phi) is 6.05. The minimum absolute atomic E-state index is 0.162. The Morgan fingerprint density at radius 1 is 1.00 bits per heavy atom. The highest BCUT2D eigenvalue weighted by atomic mass is 127. The second-order valence-corrected chi connectivity index (χ2v) is 5.78. The van der Waals surface area contributed by atoms with Crippen molar-refractivity contribution in [2.45, 2.75) is 16.8 Å². The minimum Gasteiger partial charge on any atom is -0.465 e. The van der Waals surface area contributed by atoms with Gasteiger partial charge in [0.2, 0.25) is 0 Å². The predicted molar refractivity (Wildman–Crippen MR) is 88.9 cm³/mol. The van der Waals surface area contributed by atoms with Crippen molar-refractivity contribution in [2.24, 2.45) is 0 Å². The van der Waals surface area contributed by atoms with Crippen LogP contribution in [0.1, 0.15) is 21.5 Å². The molecular weight excluding hydrogens is 363 g/mol. The first kappa shape index (κ1) is 15.0. The van der Waals surface area contributed by atoms with Gasteiger partial charge < -0.3 is 4.74 Å². The summed E-state index contributed by atoms with van der Waals surface area (Å²) in [5.41, 5.74) is 2.26. The highest BCUT2D eigenvalue weighted by Gasteiger charge is 2.17. The van der Waals surface area contributed by atoms with Gasteiger partial charge in [-0.05, 0) is 24.0 Å². The molecule has 20 heavy (non-hydrogen) atoms. The molecule has 0 saturated heterocycles. The lowest BCUT2D eigenvalue weighted by molar-refractivity contribution is -0.142. The first-order chi connectivity index (χ1) is 9.77. The van der Waals surface area contributed by atoms with Crippen LogP contribution in [-0.4, -0.2) is 12.6 Å². The van der Waals surface area contributed by atoms with Gasteiger partial charge in [0.25, 0.3) is 0 Å². The van der Waals surface area contributed by atoms with Gasteiger partial charge in [0, 0.05) is 0 Å². The van der Waals surface area contributed by atoms with Gasteiger partial charge in [0.1, 0.15) is 3.92 Å². The molecule has 0 saturated carbocycles. The molecular formula is C17H17IO2. The molecule has 1 unspecified atom stereocenters. The normalized spacial score (nSPS) is 11.8. The molecule has 2 aromatic rings. The first-order valence-electron chi connectivity index (χ1n) is 6.67. The Morgan fingerprint density at radius 2 is 1.60 bits per heavy atom. The molecule has 0 fully saturated rings. The Morgan fingerprint density at radius 3 is 2.25 bits per heavy atom. The number of halogens is 1. The van der Waals surface area contributed by atoms with Gasteiger partial charge in [-0.3, -0.25) is 4.79 Å². The third-order valence-electron chi connectivity index (χ3n) is 3.00. The maximum Gasteiger partial charge on any atom is 0.323 e. The molecule has 1 atom stereocenters. The summed E-state index contributed by atoms with van der Waals surface area (Å²) in [5, 5.41) is 0. The fraction of sp³-hybridized carbons (Fsp3) is 0.235. The molecule has 104 valence electrons. The lowest BCUT2D eigenvalue weighted by atomic mass is 10.1. The van der Waals surface area contributed by atoms with E-state index < -0.39 is 0 Å². The van der Waals surface area contributed by atoms with Crippen molar-refractivity contribution in [1.82, 2.24) is 0 Å². The number of carbonyl (C=O) groups excluding carboxylic acids is 1. The van der Waals surface area contributed by atoms with Crippen molar-refractivity contribution in [1.29, 1.82) is 0 Å². The lowest BCUT2D eigenvalue weighted by Gasteiger charge is -2.10. The lowest BCUT2D eigenvalue weighted by Crippen LogP contribution is -2.12. The van der Waals surface area contributed by atoms with Crippen LogP contribution in [0, 0.1) is 0 Å². The Bertz CT molecular complexity index is 525. The van der Waals surface area contributed by atoms with Crippen LogP contribution < -0.4 is 0 Å². The fourth-order valence-electron chi connectivity index (χ4n) is 1.92. The molecule has 0 N–H and O–H groups in total. The van der Waals surface area contributed by atoms with E-state index in [-0.39, 0.29) is 9.89 Å². The second-order valence-electron chi connectivity index (χ2n) is 4.53. The van der Waals surface area contributed by atoms with Gasteiger partial charge in [-0.1, -0.05) is 83.3 Å². The Hall–Kier alpha value is -1.36. The number of esters is 1. The van der Waals surface area contributed by atoms with Crippen LogP contribution in [0.25, 0.3) is 0 Å². The SMILES string of the molecule is O=C(OCCCc1ccccc1)C(I)c1ccccc1. The average Bonchev–Trinajstić information content (AvgIpc) is 2.52. The van der Waals surface area contributed by atoms with Crippen LogP contribution >= 0.6 is 22.6 Å². The van der Waals surface area contributed by atoms with Gasteiger partial charge in [-0.25, -0.2) is 0 Å². The molecule has 0 heterocycles. The van der Waals surface area contributed by atoms with E-state index in [2.05, 4.69) is 34.7 Å². The minimum atomic E-state index is -0.231. The van der Waals surface area contributed by atoms with Crippen molar-refractivity contribution < 1.29 is 9.53 Å². The highest BCUT2D eigenvalue weighted by Crippen LogP contribution is 2.24. The van der Waals surface area contributed by atoms with Gasteiger partial charge in [-0.2, -0.15) is 0 Å². The quantitative estimate of drug-likeness (QED) is 0.323. The zero-order valence-corrected chi connectivity index (χ0v) is 13.3. The maximum atomic E-state index is 11.9. The molecule has 0 aromatic heterocycles. The van der Waals surface area contributed by atoms with Crippen LogP contribution in [0.15, 0.2) is 60.7 Å². The molecule has 2 rings (SSSR count). The van der Waals surface area contributed by atoms with Crippen molar-refractivity contribution >= 4 is 28.6 Å². The number of rotatable bonds is 6. The molecule has 0 spiro atoms. The monoisotopic (exact) mass is 380 g/mol. The standard InChI is InChI=1S/C17H17IO2/c18-16(15-11-5-2-6-12-15)17(19)20-13-7-10-14-8-3-1-4-9-14/h1-6,8-9,11-12,16H,7,10,13H2. The van der Waals surface area contributed by atoms with Crippen molar-refractivity contribution in [3.8, 4) is 0 Å². The summed E-state index contributed by atoms with van der Waals surface area (Å²) in [5.74, 6) is -0.162. The third kappa shape index (κ3) is 4.63. The van der Waals surface area contributed by atoms with E-state index in [4.69, 9.17) is 4.74 Å². The molecule has 2 aromatic carbocycles. The van der Waals surface area contributed by atoms with Crippen LogP contribution in [0.5, 0.6) is 0 Å². The third-order valence-corrected chi connectivity index (χ3v) is 4.22. The van der Waals surface area contributed by atoms with Crippen LogP contribution in [0.2, 0.25) is 0 Å². The second kappa shape index (κ2) is 8.04. The van der Waals surface area contributed by atoms with E-state index >= 15 is 0 Å². The molecule has 0 aliphatic rings. The Labute approximate surface area is 133 Å². The average molecular weight is 380 g/mol. The van der Waals surface area contributed by atoms with E-state index in [1.54, 1.807) is 0 Å². The summed E-state index contributed by atoms with van der Waals surface area (Å²) in [6.07, 6.45) is 1.79. The number of benzene rings is 2. The number of aryl methyl sites for hydroxylation is 1. The number of hydrogen-bond donors (Lipinski definition) is 0. The smallest absolute Gasteiger partial charge is 0.323 e. The van der Waals surface area contributed by atoms with Gasteiger partial charge >= 0.3 is 5.97 Å². The van der Waals surface area contributed by atoms with Gasteiger partial charge in [-0.15, -0.1) is 0 Å². The van der Waals surface area contributed by atoms with E-state index in [0.29, 0.717) is 6.61 Å². The zero-order valence-electron chi connectivity index (χ0n) is 11.2. The molecule has 0 radical (unpaired) electrons. The van der Waals surface area contributed by atoms with Crippen LogP contribution in [-0.2, 0) is 16.0 Å². The molecule has 2 nitrogen and oxygen atoms in total. The van der Waals surface area contributed by atoms with Gasteiger partial charge in [0.05, 0.1) is 6.61 Å². The molecule has 3 heteroatoms. The fourth-order valence-corrected chi connectivity index (χ4v) is 2.52. The van der Waals surface area contributed by atoms with Crippen LogP contribution in [0.3, 0.4) is 0 Å². The number of ether oxygens (including phenoxy) is 1. The van der Waals surface area contributed by atoms with E-state index in [9.17, 15) is 4.79 Å². The van der Waals surface area contributed by atoms with E-state index in [0.717, 1.165) is 18.4 Å². The molecule has 0 aliphatic carbocycles. The largest absolute Gasteiger partial charge is 0.465 e. The number of hydrogen-bond acceptors (Lipinski definition) is 2. The first-order valence-corrected chi connectivity index (χ1v) is 7.91. The van der Waals surface area contributed by atoms with E-state index in [1.165, 1.54) is 5.56 Å². The topological polar surface area (TPSA) is 26.3 Å². The van der Waals surface area contributed by atoms with Crippen molar-refractivity contribution in [2.75, 3.05) is 6.61 Å². The molecule has 0 bridgehead atoms. The van der Waals surface area contributed by atoms with Crippen molar-refractivity contribution in [3.63, 3.8) is 0 Å². The van der Waals surface area contributed by atoms with Crippen LogP contribution in [0.4, 0.5) is 0 Å². The van der Waals surface area contributed by atoms with E-state index in [1.807, 2.05) is 48.5 Å². The zero-order chi connectivity index (χ0) is 14.2. The van der Waals surface area contributed by atoms with Gasteiger partial charge in [0.15, 0.2) is 0 Å². The summed E-state index contributed by atoms with van der Waals surface area (Å²) in [4.78, 5) is 11.9. The molecule has 0 amide bonds. The number of carbonyl (C=O) groups is 1. The summed E-state index contributed by atoms with van der Waals surface area (Å²) in [6.45, 7) is 0.472. The summed E-state index contributed by atoms with van der Waals surface area (Å²) >= 11 is 2.12. The predicted octanol–water partition coefficient (Wildman–Crippen LogP) is 4.34. The summed E-state index contributed by atoms with van der Waals surface area (Å²) < 4.78 is 5.10. The summed E-state index contributed by atoms with van der Waals surface area (Å²) in [6, 6.07) is 19.9. The highest BCUT2D eigenvalue weighted by molar-refractivity contribution is 14.1. The summed E-state index contributed by atoms with van der Waals surface area (Å²) in [7, 11) is 0. The van der Waals surface area contributed by atoms with Crippen molar-refractivity contribution in [3.05, 3.63) is 71.8 Å². The molecule has 0 aliphatic heterocycles. The maximum absolute atomic E-state index is 11.9. The Balaban J connectivity index is 1.73. The number of alkyl halides is 1.